The molecule has 3 nitrogen and oxygen atoms in total. The Morgan fingerprint density at radius 1 is 1.60 bits per heavy atom. The van der Waals surface area contributed by atoms with Gasteiger partial charge < -0.3 is 10.2 Å². The van der Waals surface area contributed by atoms with Crippen LogP contribution in [-0.2, 0) is 0 Å². The quantitative estimate of drug-likeness (QED) is 0.474. The maximum Gasteiger partial charge on any atom is 0.179 e. The average molecular weight is 137 g/mol. The first kappa shape index (κ1) is 5.99. The van der Waals surface area contributed by atoms with Crippen molar-refractivity contribution >= 4 is 0 Å². The zero-order valence-corrected chi connectivity index (χ0v) is 5.88. The smallest absolute Gasteiger partial charge is 0.179 e. The summed E-state index contributed by atoms with van der Waals surface area (Å²) in [6, 6.07) is 1.15. The summed E-state index contributed by atoms with van der Waals surface area (Å²) in [5.41, 5.74) is 0. The number of rotatable bonds is 0. The number of nitrogens with zero attached hydrogens (tertiary/aromatic N) is 2. The average Bonchev–Trinajstić information content (AvgIpc) is 2.26. The van der Waals surface area contributed by atoms with E-state index in [2.05, 4.69) is 11.5 Å². The molecule has 0 aromatic carbocycles. The fourth-order valence-electron chi connectivity index (χ4n) is 1.91. The van der Waals surface area contributed by atoms with Crippen molar-refractivity contribution in [1.29, 1.82) is 5.26 Å². The SMILES string of the molecule is N#CN1CC2CC1CCN2. The van der Waals surface area contributed by atoms with E-state index in [1.165, 1.54) is 6.42 Å². The Kier molecular flexibility index (Phi) is 1.28. The first-order valence-electron chi connectivity index (χ1n) is 3.80. The second kappa shape index (κ2) is 2.14. The summed E-state index contributed by atoms with van der Waals surface area (Å²) in [6.07, 6.45) is 4.55. The van der Waals surface area contributed by atoms with Crippen LogP contribution in [0.15, 0.2) is 0 Å². The van der Waals surface area contributed by atoms with Crippen LogP contribution < -0.4 is 5.32 Å². The van der Waals surface area contributed by atoms with Crippen LogP contribution in [0.1, 0.15) is 12.8 Å². The van der Waals surface area contributed by atoms with Gasteiger partial charge in [0.25, 0.3) is 0 Å². The molecule has 2 unspecified atom stereocenters. The molecule has 2 atom stereocenters. The molecule has 2 fully saturated rings. The van der Waals surface area contributed by atoms with Crippen molar-refractivity contribution in [2.45, 2.75) is 24.9 Å². The zero-order chi connectivity index (χ0) is 6.97. The molecule has 3 heteroatoms. The number of nitriles is 1. The van der Waals surface area contributed by atoms with Gasteiger partial charge in [-0.05, 0) is 19.4 Å². The molecule has 0 aromatic rings. The summed E-state index contributed by atoms with van der Waals surface area (Å²) < 4.78 is 0. The van der Waals surface area contributed by atoms with Gasteiger partial charge in [-0.25, -0.2) is 0 Å². The molecule has 0 aromatic heterocycles. The molecule has 2 saturated heterocycles. The van der Waals surface area contributed by atoms with Gasteiger partial charge in [0, 0.05) is 18.6 Å². The van der Waals surface area contributed by atoms with Gasteiger partial charge in [0.05, 0.1) is 0 Å². The molecule has 0 aliphatic carbocycles. The molecule has 10 heavy (non-hydrogen) atoms. The minimum absolute atomic E-state index is 0.552. The maximum atomic E-state index is 8.66. The lowest BCUT2D eigenvalue weighted by Crippen LogP contribution is -2.34. The Morgan fingerprint density at radius 3 is 3.20 bits per heavy atom. The van der Waals surface area contributed by atoms with Crippen LogP contribution >= 0.6 is 0 Å². The zero-order valence-electron chi connectivity index (χ0n) is 5.88. The molecular weight excluding hydrogens is 126 g/mol. The van der Waals surface area contributed by atoms with Crippen LogP contribution in [0.2, 0.25) is 0 Å². The van der Waals surface area contributed by atoms with Crippen LogP contribution in [0.25, 0.3) is 0 Å². The topological polar surface area (TPSA) is 39.1 Å². The monoisotopic (exact) mass is 137 g/mol. The van der Waals surface area contributed by atoms with Gasteiger partial charge in [0.1, 0.15) is 0 Å². The van der Waals surface area contributed by atoms with Crippen molar-refractivity contribution in [3.05, 3.63) is 0 Å². The van der Waals surface area contributed by atoms with Gasteiger partial charge in [-0.2, -0.15) is 5.26 Å². The Morgan fingerprint density at radius 2 is 2.50 bits per heavy atom. The van der Waals surface area contributed by atoms with Crippen molar-refractivity contribution in [2.24, 2.45) is 0 Å². The predicted octanol–water partition coefficient (Wildman–Crippen LogP) is -0.0963. The van der Waals surface area contributed by atoms with E-state index in [1.807, 2.05) is 4.90 Å². The number of hydrogen-bond donors (Lipinski definition) is 1. The number of hydrogen-bond acceptors (Lipinski definition) is 3. The van der Waals surface area contributed by atoms with Crippen molar-refractivity contribution in [2.75, 3.05) is 13.1 Å². The molecule has 0 amide bonds. The first-order chi connectivity index (χ1) is 4.90. The summed E-state index contributed by atoms with van der Waals surface area (Å²) in [4.78, 5) is 1.91. The van der Waals surface area contributed by atoms with Gasteiger partial charge in [0.2, 0.25) is 0 Å². The van der Waals surface area contributed by atoms with Crippen LogP contribution in [0.5, 0.6) is 0 Å². The predicted molar refractivity (Wildman–Crippen MR) is 37.1 cm³/mol. The number of piperidine rings is 1. The molecule has 0 radical (unpaired) electrons. The normalized spacial score (nSPS) is 37.7. The van der Waals surface area contributed by atoms with E-state index < -0.39 is 0 Å². The third kappa shape index (κ3) is 0.764. The Balaban J connectivity index is 2.10. The molecule has 2 aliphatic heterocycles. The third-order valence-corrected chi connectivity index (χ3v) is 2.45. The van der Waals surface area contributed by atoms with E-state index >= 15 is 0 Å². The Labute approximate surface area is 60.6 Å². The molecule has 2 bridgehead atoms. The summed E-state index contributed by atoms with van der Waals surface area (Å²) in [5, 5.41) is 12.0. The van der Waals surface area contributed by atoms with E-state index in [1.54, 1.807) is 0 Å². The van der Waals surface area contributed by atoms with Gasteiger partial charge in [0.15, 0.2) is 6.19 Å². The highest BCUT2D eigenvalue weighted by atomic mass is 15.2. The molecule has 1 N–H and O–H groups in total. The summed E-state index contributed by atoms with van der Waals surface area (Å²) in [5.74, 6) is 0. The van der Waals surface area contributed by atoms with E-state index in [0.29, 0.717) is 12.1 Å². The lowest BCUT2D eigenvalue weighted by atomic mass is 10.1. The Bertz CT molecular complexity index is 172. The van der Waals surface area contributed by atoms with E-state index in [4.69, 9.17) is 5.26 Å². The summed E-state index contributed by atoms with van der Waals surface area (Å²) >= 11 is 0. The van der Waals surface area contributed by atoms with E-state index in [0.717, 1.165) is 19.5 Å². The summed E-state index contributed by atoms with van der Waals surface area (Å²) in [7, 11) is 0. The minimum Gasteiger partial charge on any atom is -0.312 e. The van der Waals surface area contributed by atoms with Gasteiger partial charge in [-0.1, -0.05) is 0 Å². The van der Waals surface area contributed by atoms with Crippen molar-refractivity contribution in [3.8, 4) is 6.19 Å². The van der Waals surface area contributed by atoms with Crippen molar-refractivity contribution < 1.29 is 0 Å². The fourth-order valence-corrected chi connectivity index (χ4v) is 1.91. The molecule has 54 valence electrons. The van der Waals surface area contributed by atoms with Gasteiger partial charge >= 0.3 is 0 Å². The third-order valence-electron chi connectivity index (χ3n) is 2.45. The number of nitrogens with one attached hydrogen (secondary N) is 1. The Hall–Kier alpha value is -0.750. The highest BCUT2D eigenvalue weighted by molar-refractivity contribution is 4.98. The molecule has 2 aliphatic rings. The van der Waals surface area contributed by atoms with Crippen LogP contribution in [0, 0.1) is 11.5 Å². The number of likely N-dealkylation sites (tertiary alicyclic amines) is 1. The lowest BCUT2D eigenvalue weighted by molar-refractivity contribution is 0.344. The second-order valence-corrected chi connectivity index (χ2v) is 3.08. The second-order valence-electron chi connectivity index (χ2n) is 3.08. The van der Waals surface area contributed by atoms with E-state index in [-0.39, 0.29) is 0 Å². The first-order valence-corrected chi connectivity index (χ1v) is 3.80. The molecule has 0 spiro atoms. The van der Waals surface area contributed by atoms with Gasteiger partial charge in [-0.3, -0.25) is 0 Å². The van der Waals surface area contributed by atoms with E-state index in [9.17, 15) is 0 Å². The number of fused-ring (bicyclic) bond motifs is 2. The van der Waals surface area contributed by atoms with Crippen LogP contribution in [-0.4, -0.2) is 30.1 Å². The maximum absolute atomic E-state index is 8.66. The fraction of sp³-hybridized carbons (Fsp3) is 0.857. The lowest BCUT2D eigenvalue weighted by Gasteiger charge is -2.19. The van der Waals surface area contributed by atoms with Gasteiger partial charge in [-0.15, -0.1) is 0 Å². The molecule has 2 rings (SSSR count). The van der Waals surface area contributed by atoms with Crippen molar-refractivity contribution in [1.82, 2.24) is 10.2 Å². The standard InChI is InChI=1S/C7H11N3/c8-5-10-4-6-3-7(10)1-2-9-6/h6-7,9H,1-4H2. The highest BCUT2D eigenvalue weighted by Gasteiger charge is 2.33. The molecule has 0 saturated carbocycles. The van der Waals surface area contributed by atoms with Crippen LogP contribution in [0.4, 0.5) is 0 Å². The molecule has 2 heterocycles. The molecular formula is C7H11N3. The highest BCUT2D eigenvalue weighted by Crippen LogP contribution is 2.22. The summed E-state index contributed by atoms with van der Waals surface area (Å²) in [6.45, 7) is 2.02. The largest absolute Gasteiger partial charge is 0.312 e. The van der Waals surface area contributed by atoms with Crippen molar-refractivity contribution in [3.63, 3.8) is 0 Å². The minimum atomic E-state index is 0.552. The van der Waals surface area contributed by atoms with Crippen LogP contribution in [0.3, 0.4) is 0 Å².